The third-order valence-corrected chi connectivity index (χ3v) is 3.91. The summed E-state index contributed by atoms with van der Waals surface area (Å²) in [6.07, 6.45) is 7.40. The average molecular weight is 221 g/mol. The number of aromatic nitrogens is 1. The molecule has 1 heterocycles. The van der Waals surface area contributed by atoms with E-state index in [0.717, 1.165) is 13.1 Å². The van der Waals surface area contributed by atoms with Crippen LogP contribution in [0.1, 0.15) is 31.4 Å². The van der Waals surface area contributed by atoms with Crippen molar-refractivity contribution in [2.45, 2.75) is 37.8 Å². The Bertz CT molecular complexity index is 297. The van der Waals surface area contributed by atoms with Gasteiger partial charge in [-0.1, -0.05) is 12.8 Å². The number of likely N-dealkylation sites (N-methyl/N-ethyl adjacent to an activating group) is 1. The molecule has 0 amide bonds. The second kappa shape index (κ2) is 5.02. The number of hydrogen-bond donors (Lipinski definition) is 2. The lowest BCUT2D eigenvalue weighted by Crippen LogP contribution is -2.49. The van der Waals surface area contributed by atoms with Gasteiger partial charge in [0.1, 0.15) is 0 Å². The zero-order valence-electron chi connectivity index (χ0n) is 10.4. The van der Waals surface area contributed by atoms with Crippen LogP contribution in [0.2, 0.25) is 0 Å². The summed E-state index contributed by atoms with van der Waals surface area (Å²) in [5.74, 6) is 0. The lowest BCUT2D eigenvalue weighted by Gasteiger charge is -2.36. The first-order valence-corrected chi connectivity index (χ1v) is 6.23. The van der Waals surface area contributed by atoms with E-state index in [1.807, 2.05) is 12.3 Å². The number of hydrogen-bond acceptors (Lipinski definition) is 2. The maximum absolute atomic E-state index is 3.58. The molecule has 90 valence electrons. The minimum Gasteiger partial charge on any atom is -0.364 e. The minimum absolute atomic E-state index is 0.395. The molecule has 1 saturated carbocycles. The first kappa shape index (κ1) is 11.7. The third kappa shape index (κ3) is 2.47. The largest absolute Gasteiger partial charge is 0.364 e. The van der Waals surface area contributed by atoms with Gasteiger partial charge in [0.25, 0.3) is 0 Å². The van der Waals surface area contributed by atoms with Crippen molar-refractivity contribution in [3.63, 3.8) is 0 Å². The van der Waals surface area contributed by atoms with Crippen LogP contribution in [0.5, 0.6) is 0 Å². The predicted molar refractivity (Wildman–Crippen MR) is 67.4 cm³/mol. The Labute approximate surface area is 98.2 Å². The zero-order valence-corrected chi connectivity index (χ0v) is 10.4. The standard InChI is InChI=1S/C13H23N3/c1-16(2)13(7-3-4-8-13)11-14-10-12-6-5-9-15-12/h5-6,9,14-15H,3-4,7-8,10-11H2,1-2H3. The molecule has 0 bridgehead atoms. The van der Waals surface area contributed by atoms with Gasteiger partial charge in [0.15, 0.2) is 0 Å². The Hall–Kier alpha value is -0.800. The molecule has 1 aromatic rings. The van der Waals surface area contributed by atoms with Crippen molar-refractivity contribution < 1.29 is 0 Å². The van der Waals surface area contributed by atoms with Crippen LogP contribution in [0.25, 0.3) is 0 Å². The molecule has 2 rings (SSSR count). The highest BCUT2D eigenvalue weighted by Gasteiger charge is 2.35. The van der Waals surface area contributed by atoms with E-state index in [9.17, 15) is 0 Å². The second-order valence-electron chi connectivity index (χ2n) is 5.12. The van der Waals surface area contributed by atoms with E-state index in [0.29, 0.717) is 5.54 Å². The van der Waals surface area contributed by atoms with Crippen molar-refractivity contribution in [2.75, 3.05) is 20.6 Å². The van der Waals surface area contributed by atoms with Gasteiger partial charge in [-0.3, -0.25) is 0 Å². The van der Waals surface area contributed by atoms with Crippen molar-refractivity contribution in [1.29, 1.82) is 0 Å². The van der Waals surface area contributed by atoms with Crippen molar-refractivity contribution in [1.82, 2.24) is 15.2 Å². The molecule has 3 heteroatoms. The summed E-state index contributed by atoms with van der Waals surface area (Å²) < 4.78 is 0. The van der Waals surface area contributed by atoms with Crippen LogP contribution in [-0.2, 0) is 6.54 Å². The summed E-state index contributed by atoms with van der Waals surface area (Å²) in [5, 5.41) is 3.58. The average Bonchev–Trinajstić information content (AvgIpc) is 2.88. The second-order valence-corrected chi connectivity index (χ2v) is 5.12. The number of nitrogens with one attached hydrogen (secondary N) is 2. The van der Waals surface area contributed by atoms with E-state index in [-0.39, 0.29) is 0 Å². The van der Waals surface area contributed by atoms with Crippen LogP contribution in [0.15, 0.2) is 18.3 Å². The van der Waals surface area contributed by atoms with Gasteiger partial charge >= 0.3 is 0 Å². The molecule has 16 heavy (non-hydrogen) atoms. The molecular formula is C13H23N3. The summed E-state index contributed by atoms with van der Waals surface area (Å²) in [6.45, 7) is 2.04. The molecule has 3 nitrogen and oxygen atoms in total. The molecule has 2 N–H and O–H groups in total. The van der Waals surface area contributed by atoms with Gasteiger partial charge in [-0.2, -0.15) is 0 Å². The van der Waals surface area contributed by atoms with Crippen LogP contribution in [0.3, 0.4) is 0 Å². The van der Waals surface area contributed by atoms with Gasteiger partial charge < -0.3 is 15.2 Å². The van der Waals surface area contributed by atoms with Gasteiger partial charge in [-0.15, -0.1) is 0 Å². The van der Waals surface area contributed by atoms with Crippen molar-refractivity contribution in [3.05, 3.63) is 24.0 Å². The molecule has 0 saturated heterocycles. The van der Waals surface area contributed by atoms with E-state index in [1.54, 1.807) is 0 Å². The molecule has 0 unspecified atom stereocenters. The molecule has 1 aliphatic carbocycles. The third-order valence-electron chi connectivity index (χ3n) is 3.91. The number of nitrogens with zero attached hydrogens (tertiary/aromatic N) is 1. The Morgan fingerprint density at radius 3 is 2.69 bits per heavy atom. The first-order valence-electron chi connectivity index (χ1n) is 6.23. The van der Waals surface area contributed by atoms with Gasteiger partial charge in [0.05, 0.1) is 0 Å². The van der Waals surface area contributed by atoms with Gasteiger partial charge in [-0.05, 0) is 39.1 Å². The SMILES string of the molecule is CN(C)C1(CNCc2ccc[nH]2)CCCC1. The molecular weight excluding hydrogens is 198 g/mol. The molecule has 0 radical (unpaired) electrons. The number of H-pyrrole nitrogens is 1. The van der Waals surface area contributed by atoms with Crippen LogP contribution in [-0.4, -0.2) is 36.1 Å². The maximum atomic E-state index is 3.58. The van der Waals surface area contributed by atoms with Crippen LogP contribution in [0.4, 0.5) is 0 Å². The van der Waals surface area contributed by atoms with E-state index >= 15 is 0 Å². The Balaban J connectivity index is 1.83. The van der Waals surface area contributed by atoms with Crippen molar-refractivity contribution in [2.24, 2.45) is 0 Å². The highest BCUT2D eigenvalue weighted by molar-refractivity contribution is 5.03. The number of aromatic amines is 1. The summed E-state index contributed by atoms with van der Waals surface area (Å²) >= 11 is 0. The molecule has 0 atom stereocenters. The highest BCUT2D eigenvalue weighted by Crippen LogP contribution is 2.33. The highest BCUT2D eigenvalue weighted by atomic mass is 15.2. The Morgan fingerprint density at radius 2 is 2.12 bits per heavy atom. The summed E-state index contributed by atoms with van der Waals surface area (Å²) in [4.78, 5) is 5.63. The minimum atomic E-state index is 0.395. The Morgan fingerprint density at radius 1 is 1.38 bits per heavy atom. The van der Waals surface area contributed by atoms with Gasteiger partial charge in [-0.25, -0.2) is 0 Å². The van der Waals surface area contributed by atoms with E-state index < -0.39 is 0 Å². The first-order chi connectivity index (χ1) is 7.73. The molecule has 1 fully saturated rings. The fourth-order valence-electron chi connectivity index (χ4n) is 2.72. The quantitative estimate of drug-likeness (QED) is 0.796. The van der Waals surface area contributed by atoms with Gasteiger partial charge in [0, 0.05) is 30.5 Å². The zero-order chi connectivity index (χ0) is 11.4. The smallest absolute Gasteiger partial charge is 0.0357 e. The maximum Gasteiger partial charge on any atom is 0.0357 e. The van der Waals surface area contributed by atoms with Crippen LogP contribution < -0.4 is 5.32 Å². The lowest BCUT2D eigenvalue weighted by molar-refractivity contribution is 0.153. The topological polar surface area (TPSA) is 31.1 Å². The van der Waals surface area contributed by atoms with Crippen molar-refractivity contribution >= 4 is 0 Å². The van der Waals surface area contributed by atoms with E-state index in [4.69, 9.17) is 0 Å². The van der Waals surface area contributed by atoms with E-state index in [1.165, 1.54) is 31.4 Å². The van der Waals surface area contributed by atoms with Crippen molar-refractivity contribution in [3.8, 4) is 0 Å². The van der Waals surface area contributed by atoms with Gasteiger partial charge in [0.2, 0.25) is 0 Å². The molecule has 1 aromatic heterocycles. The fraction of sp³-hybridized carbons (Fsp3) is 0.692. The monoisotopic (exact) mass is 221 g/mol. The molecule has 1 aliphatic rings. The van der Waals surface area contributed by atoms with Crippen LogP contribution >= 0.6 is 0 Å². The fourth-order valence-corrected chi connectivity index (χ4v) is 2.72. The molecule has 0 aromatic carbocycles. The van der Waals surface area contributed by atoms with Crippen LogP contribution in [0, 0.1) is 0 Å². The lowest BCUT2D eigenvalue weighted by atomic mass is 9.96. The predicted octanol–water partition coefficient (Wildman–Crippen LogP) is 1.98. The summed E-state index contributed by atoms with van der Waals surface area (Å²) in [6, 6.07) is 4.18. The molecule has 0 aliphatic heterocycles. The molecule has 0 spiro atoms. The Kier molecular flexibility index (Phi) is 3.66. The summed E-state index contributed by atoms with van der Waals surface area (Å²) in [5.41, 5.74) is 1.67. The van der Waals surface area contributed by atoms with E-state index in [2.05, 4.69) is 35.4 Å². The normalized spacial score (nSPS) is 19.4. The summed E-state index contributed by atoms with van der Waals surface area (Å²) in [7, 11) is 4.42. The number of rotatable bonds is 5.